The van der Waals surface area contributed by atoms with Crippen molar-refractivity contribution in [1.82, 2.24) is 4.98 Å². The number of anilines is 2. The predicted molar refractivity (Wildman–Crippen MR) is 74.7 cm³/mol. The fourth-order valence-electron chi connectivity index (χ4n) is 1.74. The second-order valence-corrected chi connectivity index (χ2v) is 4.58. The number of aromatic nitrogens is 1. The molecule has 1 aromatic carbocycles. The SMILES string of the molecule is COC(=O)c1nc(-c2cc(F)c(F)c(F)c2N)cc(N)c1Cl. The van der Waals surface area contributed by atoms with E-state index in [-0.39, 0.29) is 27.7 Å². The molecule has 0 aliphatic heterocycles. The Morgan fingerprint density at radius 2 is 1.86 bits per heavy atom. The summed E-state index contributed by atoms with van der Waals surface area (Å²) in [5.74, 6) is -5.64. The van der Waals surface area contributed by atoms with Crippen LogP contribution in [0.25, 0.3) is 11.3 Å². The van der Waals surface area contributed by atoms with Gasteiger partial charge in [-0.15, -0.1) is 0 Å². The van der Waals surface area contributed by atoms with Crippen LogP contribution in [-0.2, 0) is 4.74 Å². The lowest BCUT2D eigenvalue weighted by Gasteiger charge is -2.11. The number of nitrogens with zero attached hydrogens (tertiary/aromatic N) is 1. The number of carbonyl (C=O) groups is 1. The van der Waals surface area contributed by atoms with Gasteiger partial charge in [0.1, 0.15) is 0 Å². The maximum absolute atomic E-state index is 13.5. The molecule has 0 saturated heterocycles. The average molecular weight is 332 g/mol. The van der Waals surface area contributed by atoms with E-state index in [1.54, 1.807) is 0 Å². The van der Waals surface area contributed by atoms with Gasteiger partial charge in [0.05, 0.1) is 29.2 Å². The first-order valence-corrected chi connectivity index (χ1v) is 6.13. The Labute approximate surface area is 127 Å². The van der Waals surface area contributed by atoms with Crippen molar-refractivity contribution in [2.24, 2.45) is 0 Å². The third-order valence-corrected chi connectivity index (χ3v) is 3.24. The quantitative estimate of drug-likeness (QED) is 0.501. The molecule has 1 heterocycles. The van der Waals surface area contributed by atoms with E-state index in [2.05, 4.69) is 9.72 Å². The molecule has 0 unspecified atom stereocenters. The number of esters is 1. The number of ether oxygens (including phenoxy) is 1. The number of nitrogens with two attached hydrogens (primary N) is 2. The normalized spacial score (nSPS) is 10.6. The van der Waals surface area contributed by atoms with Crippen LogP contribution in [0.15, 0.2) is 12.1 Å². The third-order valence-electron chi connectivity index (χ3n) is 2.84. The van der Waals surface area contributed by atoms with Crippen molar-refractivity contribution in [2.45, 2.75) is 0 Å². The third kappa shape index (κ3) is 2.52. The molecule has 0 saturated carbocycles. The lowest BCUT2D eigenvalue weighted by atomic mass is 10.1. The van der Waals surface area contributed by atoms with E-state index >= 15 is 0 Å². The lowest BCUT2D eigenvalue weighted by Crippen LogP contribution is -2.09. The molecule has 0 aliphatic carbocycles. The minimum Gasteiger partial charge on any atom is -0.464 e. The Hall–Kier alpha value is -2.48. The highest BCUT2D eigenvalue weighted by molar-refractivity contribution is 6.35. The predicted octanol–water partition coefficient (Wildman–Crippen LogP) is 2.77. The second-order valence-electron chi connectivity index (χ2n) is 4.20. The van der Waals surface area contributed by atoms with E-state index in [4.69, 9.17) is 23.1 Å². The topological polar surface area (TPSA) is 91.2 Å². The van der Waals surface area contributed by atoms with Crippen LogP contribution in [0.5, 0.6) is 0 Å². The number of methoxy groups -OCH3 is 1. The zero-order chi connectivity index (χ0) is 16.6. The molecule has 0 radical (unpaired) electrons. The average Bonchev–Trinajstić information content (AvgIpc) is 2.50. The number of carbonyl (C=O) groups excluding carboxylic acids is 1. The first kappa shape index (κ1) is 15.9. The van der Waals surface area contributed by atoms with Crippen molar-refractivity contribution in [3.8, 4) is 11.3 Å². The molecule has 2 rings (SSSR count). The second kappa shape index (κ2) is 5.72. The van der Waals surface area contributed by atoms with Gasteiger partial charge >= 0.3 is 5.97 Å². The number of nitrogen functional groups attached to an aromatic ring is 2. The molecule has 1 aromatic heterocycles. The Morgan fingerprint density at radius 3 is 2.45 bits per heavy atom. The van der Waals surface area contributed by atoms with Crippen LogP contribution in [0, 0.1) is 17.5 Å². The van der Waals surface area contributed by atoms with E-state index in [1.807, 2.05) is 0 Å². The summed E-state index contributed by atoms with van der Waals surface area (Å²) in [6.45, 7) is 0. The van der Waals surface area contributed by atoms with E-state index in [9.17, 15) is 18.0 Å². The van der Waals surface area contributed by atoms with Crippen LogP contribution in [0.4, 0.5) is 24.5 Å². The molecule has 4 N–H and O–H groups in total. The molecule has 22 heavy (non-hydrogen) atoms. The monoisotopic (exact) mass is 331 g/mol. The number of hydrogen-bond donors (Lipinski definition) is 2. The Kier molecular flexibility index (Phi) is 4.14. The van der Waals surface area contributed by atoms with Gasteiger partial charge in [0.2, 0.25) is 0 Å². The van der Waals surface area contributed by atoms with Crippen LogP contribution >= 0.6 is 11.6 Å². The molecule has 2 aromatic rings. The van der Waals surface area contributed by atoms with Gasteiger partial charge in [0.15, 0.2) is 23.1 Å². The van der Waals surface area contributed by atoms with E-state index < -0.39 is 29.1 Å². The van der Waals surface area contributed by atoms with Crippen LogP contribution in [0.2, 0.25) is 5.02 Å². The van der Waals surface area contributed by atoms with E-state index in [0.29, 0.717) is 6.07 Å². The maximum atomic E-state index is 13.5. The van der Waals surface area contributed by atoms with Crippen molar-refractivity contribution in [2.75, 3.05) is 18.6 Å². The van der Waals surface area contributed by atoms with Crippen molar-refractivity contribution in [3.05, 3.63) is 40.3 Å². The minimum absolute atomic E-state index is 0.0865. The number of hydrogen-bond acceptors (Lipinski definition) is 5. The van der Waals surface area contributed by atoms with Crippen LogP contribution < -0.4 is 11.5 Å². The summed E-state index contributed by atoms with van der Waals surface area (Å²) in [6, 6.07) is 1.79. The Balaban J connectivity index is 2.74. The molecular weight excluding hydrogens is 323 g/mol. The highest BCUT2D eigenvalue weighted by Crippen LogP contribution is 2.33. The first-order valence-electron chi connectivity index (χ1n) is 5.75. The Morgan fingerprint density at radius 1 is 1.23 bits per heavy atom. The number of pyridine rings is 1. The fourth-order valence-corrected chi connectivity index (χ4v) is 1.91. The molecule has 9 heteroatoms. The minimum atomic E-state index is -1.71. The standard InChI is InChI=1S/C13H9ClF3N3O2/c1-22-13(21)12-8(14)6(18)3-7(20-12)4-2-5(15)9(16)10(17)11(4)19/h2-3H,19H2,1H3,(H2,18,20). The maximum Gasteiger partial charge on any atom is 0.358 e. The largest absolute Gasteiger partial charge is 0.464 e. The highest BCUT2D eigenvalue weighted by atomic mass is 35.5. The molecule has 0 aliphatic rings. The fraction of sp³-hybridized carbons (Fsp3) is 0.0769. The number of halogens is 4. The molecule has 0 spiro atoms. The molecular formula is C13H9ClF3N3O2. The van der Waals surface area contributed by atoms with Gasteiger partial charge in [0, 0.05) is 5.56 Å². The van der Waals surface area contributed by atoms with Crippen LogP contribution in [-0.4, -0.2) is 18.1 Å². The van der Waals surface area contributed by atoms with Gasteiger partial charge in [0.25, 0.3) is 0 Å². The van der Waals surface area contributed by atoms with Crippen molar-refractivity contribution in [3.63, 3.8) is 0 Å². The molecule has 5 nitrogen and oxygen atoms in total. The van der Waals surface area contributed by atoms with Gasteiger partial charge < -0.3 is 16.2 Å². The number of rotatable bonds is 2. The van der Waals surface area contributed by atoms with Gasteiger partial charge in [-0.25, -0.2) is 22.9 Å². The van der Waals surface area contributed by atoms with Crippen molar-refractivity contribution < 1.29 is 22.7 Å². The van der Waals surface area contributed by atoms with Gasteiger partial charge in [-0.2, -0.15) is 0 Å². The summed E-state index contributed by atoms with van der Waals surface area (Å²) >= 11 is 5.83. The van der Waals surface area contributed by atoms with Gasteiger partial charge in [-0.1, -0.05) is 11.6 Å². The lowest BCUT2D eigenvalue weighted by molar-refractivity contribution is 0.0594. The molecule has 116 valence electrons. The summed E-state index contributed by atoms with van der Waals surface area (Å²) in [5, 5.41) is -0.183. The summed E-state index contributed by atoms with van der Waals surface area (Å²) in [4.78, 5) is 15.4. The van der Waals surface area contributed by atoms with Crippen molar-refractivity contribution >= 4 is 28.9 Å². The van der Waals surface area contributed by atoms with E-state index in [0.717, 1.165) is 13.2 Å². The first-order chi connectivity index (χ1) is 10.3. The summed E-state index contributed by atoms with van der Waals surface area (Å²) in [6.07, 6.45) is 0. The summed E-state index contributed by atoms with van der Waals surface area (Å²) < 4.78 is 44.5. The smallest absolute Gasteiger partial charge is 0.358 e. The Bertz CT molecular complexity index is 784. The van der Waals surface area contributed by atoms with Crippen LogP contribution in [0.1, 0.15) is 10.5 Å². The zero-order valence-electron chi connectivity index (χ0n) is 11.1. The number of benzene rings is 1. The molecule has 0 fully saturated rings. The summed E-state index contributed by atoms with van der Waals surface area (Å²) in [7, 11) is 1.09. The zero-order valence-corrected chi connectivity index (χ0v) is 11.8. The van der Waals surface area contributed by atoms with E-state index in [1.165, 1.54) is 0 Å². The van der Waals surface area contributed by atoms with Gasteiger partial charge in [-0.05, 0) is 12.1 Å². The van der Waals surface area contributed by atoms with Crippen LogP contribution in [0.3, 0.4) is 0 Å². The molecule has 0 amide bonds. The highest BCUT2D eigenvalue weighted by Gasteiger charge is 2.22. The molecule has 0 bridgehead atoms. The summed E-state index contributed by atoms with van der Waals surface area (Å²) in [5.41, 5.74) is 9.50. The van der Waals surface area contributed by atoms with Crippen molar-refractivity contribution in [1.29, 1.82) is 0 Å². The van der Waals surface area contributed by atoms with Gasteiger partial charge in [-0.3, -0.25) is 0 Å². The molecule has 0 atom stereocenters.